The zero-order chi connectivity index (χ0) is 15.1. The second-order valence-electron chi connectivity index (χ2n) is 4.89. The van der Waals surface area contributed by atoms with Crippen LogP contribution in [-0.2, 0) is 6.42 Å². The van der Waals surface area contributed by atoms with Crippen LogP contribution in [0.3, 0.4) is 0 Å². The van der Waals surface area contributed by atoms with Gasteiger partial charge in [0.1, 0.15) is 5.76 Å². The Balaban J connectivity index is 1.88. The molecule has 0 aliphatic rings. The van der Waals surface area contributed by atoms with E-state index in [9.17, 15) is 4.79 Å². The van der Waals surface area contributed by atoms with Crippen molar-refractivity contribution >= 4 is 11.6 Å². The van der Waals surface area contributed by atoms with Crippen molar-refractivity contribution in [2.75, 3.05) is 18.5 Å². The average Bonchev–Trinajstić information content (AvgIpc) is 2.98. The van der Waals surface area contributed by atoms with E-state index in [2.05, 4.69) is 17.6 Å². The number of furan rings is 1. The van der Waals surface area contributed by atoms with E-state index in [0.29, 0.717) is 5.56 Å². The van der Waals surface area contributed by atoms with E-state index in [1.165, 1.54) is 0 Å². The Morgan fingerprint density at radius 3 is 2.67 bits per heavy atom. The van der Waals surface area contributed by atoms with E-state index in [1.54, 1.807) is 18.4 Å². The summed E-state index contributed by atoms with van der Waals surface area (Å²) in [4.78, 5) is 11.7. The molecule has 0 aliphatic heterocycles. The minimum absolute atomic E-state index is 0.0598. The van der Waals surface area contributed by atoms with Crippen LogP contribution in [-0.4, -0.2) is 30.2 Å². The van der Waals surface area contributed by atoms with Gasteiger partial charge in [0.25, 0.3) is 5.91 Å². The first kappa shape index (κ1) is 15.1. The van der Waals surface area contributed by atoms with Gasteiger partial charge in [-0.05, 0) is 43.3 Å². The van der Waals surface area contributed by atoms with Crippen LogP contribution in [0.1, 0.15) is 23.0 Å². The van der Waals surface area contributed by atoms with Crippen molar-refractivity contribution in [2.24, 2.45) is 0 Å². The van der Waals surface area contributed by atoms with Gasteiger partial charge < -0.3 is 20.2 Å². The number of hydrogen-bond donors (Lipinski definition) is 3. The zero-order valence-electron chi connectivity index (χ0n) is 12.0. The summed E-state index contributed by atoms with van der Waals surface area (Å²) in [6, 6.07) is 11.3. The normalized spacial score (nSPS) is 11.9. The molecule has 1 atom stereocenters. The fourth-order valence-corrected chi connectivity index (χ4v) is 2.06. The molecular weight excluding hydrogens is 268 g/mol. The third-order valence-corrected chi connectivity index (χ3v) is 3.04. The molecule has 1 unspecified atom stereocenters. The molecular formula is C16H20N2O3. The first-order chi connectivity index (χ1) is 10.2. The molecule has 1 aromatic heterocycles. The van der Waals surface area contributed by atoms with E-state index in [4.69, 9.17) is 9.52 Å². The van der Waals surface area contributed by atoms with Crippen LogP contribution in [0.25, 0.3) is 0 Å². The van der Waals surface area contributed by atoms with Gasteiger partial charge in [-0.3, -0.25) is 4.79 Å². The highest BCUT2D eigenvalue weighted by Gasteiger charge is 2.07. The van der Waals surface area contributed by atoms with Gasteiger partial charge in [-0.1, -0.05) is 0 Å². The number of amides is 1. The van der Waals surface area contributed by atoms with E-state index in [-0.39, 0.29) is 25.1 Å². The molecule has 3 N–H and O–H groups in total. The molecule has 2 rings (SSSR count). The second kappa shape index (κ2) is 7.50. The lowest BCUT2D eigenvalue weighted by atomic mass is 10.1. The molecule has 0 bridgehead atoms. The Hall–Kier alpha value is -2.27. The summed E-state index contributed by atoms with van der Waals surface area (Å²) in [5, 5.41) is 14.7. The number of anilines is 1. The molecule has 1 aromatic carbocycles. The SMILES string of the molecule is CC(Cc1ccco1)Nc1ccc(C(=O)NCCO)cc1. The minimum atomic E-state index is -0.181. The topological polar surface area (TPSA) is 74.5 Å². The first-order valence-electron chi connectivity index (χ1n) is 6.97. The van der Waals surface area contributed by atoms with Crippen molar-refractivity contribution in [2.45, 2.75) is 19.4 Å². The molecule has 21 heavy (non-hydrogen) atoms. The predicted octanol–water partition coefficient (Wildman–Crippen LogP) is 2.04. The molecule has 5 heteroatoms. The van der Waals surface area contributed by atoms with Crippen molar-refractivity contribution in [3.63, 3.8) is 0 Å². The van der Waals surface area contributed by atoms with Gasteiger partial charge in [0.05, 0.1) is 12.9 Å². The summed E-state index contributed by atoms with van der Waals surface area (Å²) in [7, 11) is 0. The highest BCUT2D eigenvalue weighted by Crippen LogP contribution is 2.13. The fraction of sp³-hybridized carbons (Fsp3) is 0.312. The number of hydrogen-bond acceptors (Lipinski definition) is 4. The summed E-state index contributed by atoms with van der Waals surface area (Å²) in [6.07, 6.45) is 2.47. The second-order valence-corrected chi connectivity index (χ2v) is 4.89. The van der Waals surface area contributed by atoms with Gasteiger partial charge in [-0.2, -0.15) is 0 Å². The van der Waals surface area contributed by atoms with Crippen molar-refractivity contribution in [1.29, 1.82) is 0 Å². The lowest BCUT2D eigenvalue weighted by Gasteiger charge is -2.14. The highest BCUT2D eigenvalue weighted by atomic mass is 16.3. The molecule has 112 valence electrons. The molecule has 0 saturated carbocycles. The number of carbonyl (C=O) groups is 1. The predicted molar refractivity (Wildman–Crippen MR) is 81.4 cm³/mol. The fourth-order valence-electron chi connectivity index (χ4n) is 2.06. The molecule has 1 heterocycles. The van der Waals surface area contributed by atoms with Crippen LogP contribution in [0.2, 0.25) is 0 Å². The Bertz CT molecular complexity index is 549. The van der Waals surface area contributed by atoms with E-state index in [1.807, 2.05) is 24.3 Å². The Kier molecular flexibility index (Phi) is 5.40. The zero-order valence-corrected chi connectivity index (χ0v) is 12.0. The van der Waals surface area contributed by atoms with Crippen molar-refractivity contribution in [1.82, 2.24) is 5.32 Å². The largest absolute Gasteiger partial charge is 0.469 e. The molecule has 0 spiro atoms. The van der Waals surface area contributed by atoms with Gasteiger partial charge in [0, 0.05) is 30.3 Å². The van der Waals surface area contributed by atoms with Crippen LogP contribution in [0.4, 0.5) is 5.69 Å². The van der Waals surface area contributed by atoms with Crippen molar-refractivity contribution in [3.8, 4) is 0 Å². The smallest absolute Gasteiger partial charge is 0.251 e. The summed E-state index contributed by atoms with van der Waals surface area (Å²) in [6.45, 7) is 2.28. The number of benzene rings is 1. The lowest BCUT2D eigenvalue weighted by molar-refractivity contribution is 0.0945. The van der Waals surface area contributed by atoms with Crippen LogP contribution in [0, 0.1) is 0 Å². The number of aliphatic hydroxyl groups is 1. The van der Waals surface area contributed by atoms with Gasteiger partial charge in [0.15, 0.2) is 0 Å². The maximum atomic E-state index is 11.7. The number of aliphatic hydroxyl groups excluding tert-OH is 1. The third kappa shape index (κ3) is 4.65. The number of carbonyl (C=O) groups excluding carboxylic acids is 1. The molecule has 0 saturated heterocycles. The van der Waals surface area contributed by atoms with E-state index in [0.717, 1.165) is 17.9 Å². The maximum Gasteiger partial charge on any atom is 0.251 e. The molecule has 0 radical (unpaired) electrons. The van der Waals surface area contributed by atoms with Gasteiger partial charge in [-0.15, -0.1) is 0 Å². The molecule has 5 nitrogen and oxygen atoms in total. The van der Waals surface area contributed by atoms with Crippen LogP contribution in [0.15, 0.2) is 47.1 Å². The Morgan fingerprint density at radius 2 is 2.05 bits per heavy atom. The summed E-state index contributed by atoms with van der Waals surface area (Å²) in [5.41, 5.74) is 1.53. The number of rotatable bonds is 7. The average molecular weight is 288 g/mol. The van der Waals surface area contributed by atoms with E-state index >= 15 is 0 Å². The Labute approximate surface area is 124 Å². The first-order valence-corrected chi connectivity index (χ1v) is 6.97. The lowest BCUT2D eigenvalue weighted by Crippen LogP contribution is -2.26. The maximum absolute atomic E-state index is 11.7. The third-order valence-electron chi connectivity index (χ3n) is 3.04. The van der Waals surface area contributed by atoms with Gasteiger partial charge in [-0.25, -0.2) is 0 Å². The van der Waals surface area contributed by atoms with Crippen LogP contribution >= 0.6 is 0 Å². The summed E-state index contributed by atoms with van der Waals surface area (Å²) < 4.78 is 5.32. The Morgan fingerprint density at radius 1 is 1.29 bits per heavy atom. The van der Waals surface area contributed by atoms with Crippen LogP contribution in [0.5, 0.6) is 0 Å². The molecule has 2 aromatic rings. The van der Waals surface area contributed by atoms with Gasteiger partial charge in [0.2, 0.25) is 0 Å². The molecule has 1 amide bonds. The minimum Gasteiger partial charge on any atom is -0.469 e. The van der Waals surface area contributed by atoms with E-state index < -0.39 is 0 Å². The quantitative estimate of drug-likeness (QED) is 0.729. The monoisotopic (exact) mass is 288 g/mol. The van der Waals surface area contributed by atoms with Crippen molar-refractivity contribution < 1.29 is 14.3 Å². The van der Waals surface area contributed by atoms with Gasteiger partial charge >= 0.3 is 0 Å². The van der Waals surface area contributed by atoms with Crippen LogP contribution < -0.4 is 10.6 Å². The number of nitrogens with one attached hydrogen (secondary N) is 2. The standard InChI is InChI=1S/C16H20N2O3/c1-12(11-15-3-2-10-21-15)18-14-6-4-13(5-7-14)16(20)17-8-9-19/h2-7,10,12,18-19H,8-9,11H2,1H3,(H,17,20). The molecule has 0 fully saturated rings. The molecule has 0 aliphatic carbocycles. The summed E-state index contributed by atoms with van der Waals surface area (Å²) in [5.74, 6) is 0.759. The highest BCUT2D eigenvalue weighted by molar-refractivity contribution is 5.94. The summed E-state index contributed by atoms with van der Waals surface area (Å²) >= 11 is 0. The van der Waals surface area contributed by atoms with Crippen molar-refractivity contribution in [3.05, 3.63) is 54.0 Å².